The van der Waals surface area contributed by atoms with E-state index < -0.39 is 11.8 Å². The van der Waals surface area contributed by atoms with Crippen LogP contribution in [0.4, 0.5) is 0 Å². The summed E-state index contributed by atoms with van der Waals surface area (Å²) in [6, 6.07) is 0. The average molecular weight is 415 g/mol. The topological polar surface area (TPSA) is 134 Å². The number of hydrogen-bond donors (Lipinski definition) is 3. The van der Waals surface area contributed by atoms with Crippen LogP contribution in [-0.2, 0) is 28.7 Å². The number of nitrogens with one attached hydrogen (secondary N) is 2. The monoisotopic (exact) mass is 415 g/mol. The zero-order chi connectivity index (χ0) is 22.5. The normalized spacial score (nSPS) is 12.0. The van der Waals surface area contributed by atoms with E-state index in [4.69, 9.17) is 14.6 Å². The molecule has 0 fully saturated rings. The van der Waals surface area contributed by atoms with Gasteiger partial charge in [-0.15, -0.1) is 13.2 Å². The molecule has 1 rings (SSSR count). The van der Waals surface area contributed by atoms with Crippen LogP contribution in [0.25, 0.3) is 0 Å². The van der Waals surface area contributed by atoms with Crippen LogP contribution in [0.3, 0.4) is 0 Å². The number of hydrogen-bond acceptors (Lipinski definition) is 8. The Morgan fingerprint density at radius 3 is 2.00 bits per heavy atom. The minimum absolute atomic E-state index is 0.119. The fourth-order valence-electron chi connectivity index (χ4n) is 1.76. The Hall–Kier alpha value is -2.40. The number of amides is 3. The summed E-state index contributed by atoms with van der Waals surface area (Å²) in [4.78, 5) is 43.9. The maximum atomic E-state index is 10.9. The van der Waals surface area contributed by atoms with E-state index in [9.17, 15) is 19.2 Å². The first kappa shape index (κ1) is 28.8. The van der Waals surface area contributed by atoms with E-state index in [0.29, 0.717) is 33.0 Å². The third-order valence-electron chi connectivity index (χ3n) is 3.06. The van der Waals surface area contributed by atoms with Gasteiger partial charge in [-0.25, -0.2) is 0 Å². The van der Waals surface area contributed by atoms with Crippen molar-refractivity contribution in [2.75, 3.05) is 59.7 Å². The molecule has 1 heterocycles. The molecular weight excluding hydrogens is 382 g/mol. The molecule has 3 amide bonds. The van der Waals surface area contributed by atoms with Gasteiger partial charge in [0.05, 0.1) is 39.6 Å². The molecule has 3 N–H and O–H groups in total. The van der Waals surface area contributed by atoms with Crippen molar-refractivity contribution in [3.05, 3.63) is 25.3 Å². The standard InChI is InChI=1S/C10H22N2O4.C7H7NO3.C2H4/c1-11-3-6-15-8-9-16-7-4-12-10(14)2-5-13;1-5(9)4-8-6(10)2-3-7(8)11;1-2/h11,13H,2-9H2,1H3,(H,12,14);2-3H,4H2,1H3;1-2H2. The molecule has 0 radical (unpaired) electrons. The molecule has 0 saturated carbocycles. The van der Waals surface area contributed by atoms with E-state index in [1.165, 1.54) is 6.92 Å². The Morgan fingerprint density at radius 1 is 1.03 bits per heavy atom. The van der Waals surface area contributed by atoms with Gasteiger partial charge in [0.25, 0.3) is 11.8 Å². The van der Waals surface area contributed by atoms with Gasteiger partial charge in [0.1, 0.15) is 5.78 Å². The highest BCUT2D eigenvalue weighted by Gasteiger charge is 2.23. The first-order valence-electron chi connectivity index (χ1n) is 9.13. The number of nitrogens with zero attached hydrogens (tertiary/aromatic N) is 1. The minimum atomic E-state index is -0.412. The highest BCUT2D eigenvalue weighted by molar-refractivity contribution is 6.14. The summed E-state index contributed by atoms with van der Waals surface area (Å²) in [6.07, 6.45) is 2.46. The molecule has 1 aliphatic rings. The summed E-state index contributed by atoms with van der Waals surface area (Å²) in [6.45, 7) is 10.6. The molecule has 1 aliphatic heterocycles. The van der Waals surface area contributed by atoms with Crippen molar-refractivity contribution in [3.63, 3.8) is 0 Å². The third kappa shape index (κ3) is 17.4. The lowest BCUT2D eigenvalue weighted by Crippen LogP contribution is -2.34. The number of imide groups is 1. The lowest BCUT2D eigenvalue weighted by atomic mass is 10.4. The Morgan fingerprint density at radius 2 is 1.55 bits per heavy atom. The van der Waals surface area contributed by atoms with Crippen LogP contribution in [0, 0.1) is 0 Å². The van der Waals surface area contributed by atoms with E-state index in [-0.39, 0.29) is 31.3 Å². The van der Waals surface area contributed by atoms with Gasteiger partial charge in [0.2, 0.25) is 5.91 Å². The van der Waals surface area contributed by atoms with Gasteiger partial charge in [-0.05, 0) is 14.0 Å². The van der Waals surface area contributed by atoms with Gasteiger partial charge in [-0.2, -0.15) is 0 Å². The third-order valence-corrected chi connectivity index (χ3v) is 3.06. The van der Waals surface area contributed by atoms with Crippen LogP contribution in [0.5, 0.6) is 0 Å². The van der Waals surface area contributed by atoms with E-state index in [0.717, 1.165) is 23.6 Å². The van der Waals surface area contributed by atoms with Crippen LogP contribution in [-0.4, -0.2) is 93.2 Å². The maximum Gasteiger partial charge on any atom is 0.254 e. The van der Waals surface area contributed by atoms with Crippen molar-refractivity contribution in [1.82, 2.24) is 15.5 Å². The van der Waals surface area contributed by atoms with Crippen molar-refractivity contribution >= 4 is 23.5 Å². The van der Waals surface area contributed by atoms with Gasteiger partial charge >= 0.3 is 0 Å². The summed E-state index contributed by atoms with van der Waals surface area (Å²) in [5, 5.41) is 14.1. The number of aliphatic hydroxyl groups is 1. The minimum Gasteiger partial charge on any atom is -0.396 e. The fourth-order valence-corrected chi connectivity index (χ4v) is 1.76. The largest absolute Gasteiger partial charge is 0.396 e. The number of ether oxygens (including phenoxy) is 2. The van der Waals surface area contributed by atoms with Gasteiger partial charge in [-0.1, -0.05) is 0 Å². The molecule has 0 aromatic heterocycles. The van der Waals surface area contributed by atoms with Gasteiger partial charge in [0, 0.05) is 31.7 Å². The zero-order valence-corrected chi connectivity index (χ0v) is 17.3. The highest BCUT2D eigenvalue weighted by Crippen LogP contribution is 2.02. The second kappa shape index (κ2) is 20.3. The Kier molecular flexibility index (Phi) is 20.2. The molecule has 0 aliphatic carbocycles. The van der Waals surface area contributed by atoms with Crippen molar-refractivity contribution in [1.29, 1.82) is 0 Å². The van der Waals surface area contributed by atoms with E-state index in [1.807, 2.05) is 7.05 Å². The Bertz CT molecular complexity index is 506. The smallest absolute Gasteiger partial charge is 0.254 e. The molecule has 0 saturated heterocycles. The zero-order valence-electron chi connectivity index (χ0n) is 17.3. The molecular formula is C19H33N3O7. The van der Waals surface area contributed by atoms with Crippen LogP contribution in [0.15, 0.2) is 25.3 Å². The van der Waals surface area contributed by atoms with Gasteiger partial charge in [-0.3, -0.25) is 24.1 Å². The summed E-state index contributed by atoms with van der Waals surface area (Å²) in [7, 11) is 1.87. The second-order valence-corrected chi connectivity index (χ2v) is 5.45. The lowest BCUT2D eigenvalue weighted by molar-refractivity contribution is -0.140. The molecule has 0 bridgehead atoms. The molecule has 0 atom stereocenters. The number of aliphatic hydroxyl groups excluding tert-OH is 1. The second-order valence-electron chi connectivity index (χ2n) is 5.45. The highest BCUT2D eigenvalue weighted by atomic mass is 16.5. The molecule has 29 heavy (non-hydrogen) atoms. The predicted octanol–water partition coefficient (Wildman–Crippen LogP) is -0.960. The van der Waals surface area contributed by atoms with Crippen LogP contribution in [0.1, 0.15) is 13.3 Å². The molecule has 10 nitrogen and oxygen atoms in total. The maximum absolute atomic E-state index is 10.9. The van der Waals surface area contributed by atoms with Crippen molar-refractivity contribution in [2.45, 2.75) is 13.3 Å². The average Bonchev–Trinajstić information content (AvgIpc) is 3.00. The lowest BCUT2D eigenvalue weighted by Gasteiger charge is -2.09. The number of rotatable bonds is 13. The fraction of sp³-hybridized carbons (Fsp3) is 0.579. The molecule has 166 valence electrons. The Labute approximate surface area is 171 Å². The van der Waals surface area contributed by atoms with Gasteiger partial charge in [0.15, 0.2) is 0 Å². The number of Topliss-reactive ketones (excluding diaryl/α,β-unsaturated/α-hetero) is 1. The number of likely N-dealkylation sites (N-methyl/N-ethyl adjacent to an activating group) is 1. The summed E-state index contributed by atoms with van der Waals surface area (Å²) in [5.74, 6) is -1.18. The number of ketones is 1. The van der Waals surface area contributed by atoms with Crippen molar-refractivity contribution < 1.29 is 33.8 Å². The van der Waals surface area contributed by atoms with Crippen molar-refractivity contribution in [3.8, 4) is 0 Å². The van der Waals surface area contributed by atoms with Crippen molar-refractivity contribution in [2.24, 2.45) is 0 Å². The van der Waals surface area contributed by atoms with Gasteiger partial charge < -0.3 is 25.2 Å². The summed E-state index contributed by atoms with van der Waals surface area (Å²) in [5.41, 5.74) is 0. The molecule has 0 unspecified atom stereocenters. The van der Waals surface area contributed by atoms with Crippen LogP contribution >= 0.6 is 0 Å². The molecule has 0 aromatic rings. The first-order chi connectivity index (χ1) is 13.9. The first-order valence-corrected chi connectivity index (χ1v) is 9.13. The van der Waals surface area contributed by atoms with Crippen LogP contribution in [0.2, 0.25) is 0 Å². The quantitative estimate of drug-likeness (QED) is 0.199. The Balaban J connectivity index is 0. The SMILES string of the molecule is C=C.CC(=O)CN1C(=O)C=CC1=O.CNCCOCCOCCNC(=O)CCO. The van der Waals surface area contributed by atoms with E-state index in [2.05, 4.69) is 23.8 Å². The summed E-state index contributed by atoms with van der Waals surface area (Å²) < 4.78 is 10.5. The molecule has 0 spiro atoms. The molecule has 10 heteroatoms. The van der Waals surface area contributed by atoms with E-state index >= 15 is 0 Å². The number of carbonyl (C=O) groups is 4. The summed E-state index contributed by atoms with van der Waals surface area (Å²) >= 11 is 0. The predicted molar refractivity (Wildman–Crippen MR) is 108 cm³/mol. The van der Waals surface area contributed by atoms with E-state index in [1.54, 1.807) is 0 Å². The number of carbonyl (C=O) groups excluding carboxylic acids is 4. The molecule has 0 aromatic carbocycles. The van der Waals surface area contributed by atoms with Crippen LogP contribution < -0.4 is 10.6 Å².